The first kappa shape index (κ1) is 25.3. The number of aromatic nitrogens is 4. The van der Waals surface area contributed by atoms with E-state index < -0.39 is 16.1 Å². The molecular formula is C22H24Cl4N4Si2. The molecule has 0 amide bonds. The van der Waals surface area contributed by atoms with Crippen molar-refractivity contribution in [3.63, 3.8) is 0 Å². The molecule has 2 heterocycles. The number of nitrogens with zero attached hydrogens (tertiary/aromatic N) is 4. The van der Waals surface area contributed by atoms with Crippen molar-refractivity contribution in [1.82, 2.24) is 19.9 Å². The third kappa shape index (κ3) is 5.61. The van der Waals surface area contributed by atoms with Crippen LogP contribution in [-0.4, -0.2) is 36.1 Å². The standard InChI is InChI=1S/C14H20Cl2N2Si2.C8H4Cl2N2/c1-19(2,3)9-7-8-10(20(4,5)6)12-11(9)17-13(15)14(16)18-12;9-7-8(10)12-6-4-2-1-3-5(6)11-7/h7-8H,1-6H3;1-4H. The van der Waals surface area contributed by atoms with E-state index in [2.05, 4.69) is 71.4 Å². The summed E-state index contributed by atoms with van der Waals surface area (Å²) in [5.41, 5.74) is 3.40. The molecule has 0 radical (unpaired) electrons. The zero-order valence-corrected chi connectivity index (χ0v) is 23.8. The highest BCUT2D eigenvalue weighted by atomic mass is 35.5. The summed E-state index contributed by atoms with van der Waals surface area (Å²) in [4.78, 5) is 17.2. The zero-order valence-electron chi connectivity index (χ0n) is 18.8. The van der Waals surface area contributed by atoms with Crippen molar-refractivity contribution in [2.24, 2.45) is 0 Å². The van der Waals surface area contributed by atoms with Crippen molar-refractivity contribution < 1.29 is 0 Å². The van der Waals surface area contributed by atoms with Gasteiger partial charge in [-0.25, -0.2) is 19.9 Å². The molecule has 2 aromatic carbocycles. The fraction of sp³-hybridized carbons (Fsp3) is 0.273. The molecule has 0 saturated heterocycles. The molecule has 0 aliphatic rings. The number of benzene rings is 2. The van der Waals surface area contributed by atoms with Gasteiger partial charge in [0.05, 0.1) is 38.2 Å². The summed E-state index contributed by atoms with van der Waals surface area (Å²) in [5.74, 6) is 0. The minimum Gasteiger partial charge on any atom is -0.231 e. The number of hydrogen-bond acceptors (Lipinski definition) is 4. The van der Waals surface area contributed by atoms with E-state index in [1.54, 1.807) is 0 Å². The molecule has 4 nitrogen and oxygen atoms in total. The van der Waals surface area contributed by atoms with E-state index in [1.807, 2.05) is 24.3 Å². The minimum absolute atomic E-state index is 0.246. The molecule has 0 aliphatic carbocycles. The van der Waals surface area contributed by atoms with Gasteiger partial charge in [0.25, 0.3) is 0 Å². The van der Waals surface area contributed by atoms with E-state index in [4.69, 9.17) is 46.4 Å². The van der Waals surface area contributed by atoms with E-state index in [1.165, 1.54) is 10.4 Å². The molecule has 168 valence electrons. The second kappa shape index (κ2) is 9.53. The Kier molecular flexibility index (Phi) is 7.54. The Hall–Kier alpha value is -1.29. The van der Waals surface area contributed by atoms with E-state index >= 15 is 0 Å². The van der Waals surface area contributed by atoms with Gasteiger partial charge in [-0.3, -0.25) is 0 Å². The van der Waals surface area contributed by atoms with Crippen LogP contribution in [0.4, 0.5) is 0 Å². The summed E-state index contributed by atoms with van der Waals surface area (Å²) in [7, 11) is -3.02. The molecule has 4 rings (SSSR count). The minimum atomic E-state index is -1.51. The largest absolute Gasteiger partial charge is 0.231 e. The van der Waals surface area contributed by atoms with Gasteiger partial charge < -0.3 is 0 Å². The van der Waals surface area contributed by atoms with Crippen LogP contribution in [-0.2, 0) is 0 Å². The van der Waals surface area contributed by atoms with Crippen LogP contribution < -0.4 is 10.4 Å². The van der Waals surface area contributed by atoms with Crippen molar-refractivity contribution in [2.45, 2.75) is 39.3 Å². The summed E-state index contributed by atoms with van der Waals surface area (Å²) in [6.45, 7) is 13.8. The van der Waals surface area contributed by atoms with Gasteiger partial charge >= 0.3 is 0 Å². The zero-order chi connectivity index (χ0) is 23.8. The Balaban J connectivity index is 0.000000204. The molecule has 10 heteroatoms. The van der Waals surface area contributed by atoms with Gasteiger partial charge in [0.2, 0.25) is 0 Å². The second-order valence-corrected chi connectivity index (χ2v) is 21.0. The molecule has 0 aliphatic heterocycles. The van der Waals surface area contributed by atoms with Crippen LogP contribution in [0.2, 0.25) is 59.9 Å². The molecule has 4 aromatic rings. The Morgan fingerprint density at radius 2 is 0.812 bits per heavy atom. The van der Waals surface area contributed by atoms with Crippen LogP contribution in [0.15, 0.2) is 36.4 Å². The van der Waals surface area contributed by atoms with Crippen LogP contribution in [0.1, 0.15) is 0 Å². The van der Waals surface area contributed by atoms with Gasteiger partial charge in [-0.15, -0.1) is 0 Å². The highest BCUT2D eigenvalue weighted by Gasteiger charge is 2.27. The molecule has 0 unspecified atom stereocenters. The van der Waals surface area contributed by atoms with Crippen molar-refractivity contribution in [1.29, 1.82) is 0 Å². The molecule has 0 bridgehead atoms. The van der Waals surface area contributed by atoms with Gasteiger partial charge in [-0.1, -0.05) is 110 Å². The first-order valence-electron chi connectivity index (χ1n) is 10.0. The number of para-hydroxylation sites is 2. The number of fused-ring (bicyclic) bond motifs is 2. The first-order valence-corrected chi connectivity index (χ1v) is 18.5. The average Bonchev–Trinajstić information content (AvgIpc) is 2.68. The van der Waals surface area contributed by atoms with Crippen LogP contribution in [0.5, 0.6) is 0 Å². The molecule has 0 spiro atoms. The SMILES string of the molecule is C[Si](C)(C)c1ccc([Si](C)(C)C)c2nc(Cl)c(Cl)nc12.Clc1nc2ccccc2nc1Cl. The van der Waals surface area contributed by atoms with Gasteiger partial charge in [0.15, 0.2) is 20.6 Å². The maximum absolute atomic E-state index is 6.10. The number of hydrogen-bond donors (Lipinski definition) is 0. The third-order valence-corrected chi connectivity index (χ3v) is 10.1. The highest BCUT2D eigenvalue weighted by Crippen LogP contribution is 2.23. The molecule has 0 N–H and O–H groups in total. The van der Waals surface area contributed by atoms with Crippen LogP contribution >= 0.6 is 46.4 Å². The number of rotatable bonds is 2. The molecule has 32 heavy (non-hydrogen) atoms. The summed E-state index contributed by atoms with van der Waals surface area (Å²) in [5, 5.41) is 3.67. The lowest BCUT2D eigenvalue weighted by molar-refractivity contribution is 1.29. The summed E-state index contributed by atoms with van der Waals surface area (Å²) in [6.07, 6.45) is 0. The van der Waals surface area contributed by atoms with Gasteiger partial charge in [-0.2, -0.15) is 0 Å². The van der Waals surface area contributed by atoms with Crippen molar-refractivity contribution >= 4 is 95.0 Å². The Bertz CT molecular complexity index is 1200. The molecule has 0 saturated carbocycles. The smallest absolute Gasteiger partial charge is 0.167 e. The average molecular weight is 542 g/mol. The number of halogens is 4. The predicted molar refractivity (Wildman–Crippen MR) is 145 cm³/mol. The van der Waals surface area contributed by atoms with Crippen molar-refractivity contribution in [2.75, 3.05) is 0 Å². The van der Waals surface area contributed by atoms with Gasteiger partial charge in [-0.05, 0) is 22.5 Å². The predicted octanol–water partition coefficient (Wildman–Crippen LogP) is 6.96. The Labute approximate surface area is 210 Å². The van der Waals surface area contributed by atoms with E-state index in [9.17, 15) is 0 Å². The molecule has 2 aromatic heterocycles. The summed E-state index contributed by atoms with van der Waals surface area (Å²) < 4.78 is 0. The molecule has 0 atom stereocenters. The lowest BCUT2D eigenvalue weighted by Gasteiger charge is -2.23. The maximum atomic E-state index is 6.10. The van der Waals surface area contributed by atoms with Gasteiger partial charge in [0, 0.05) is 0 Å². The maximum Gasteiger partial charge on any atom is 0.167 e. The van der Waals surface area contributed by atoms with Gasteiger partial charge in [0.1, 0.15) is 0 Å². The van der Waals surface area contributed by atoms with Crippen LogP contribution in [0.3, 0.4) is 0 Å². The first-order chi connectivity index (χ1) is 14.8. The van der Waals surface area contributed by atoms with Crippen LogP contribution in [0, 0.1) is 0 Å². The fourth-order valence-corrected chi connectivity index (χ4v) is 6.72. The second-order valence-electron chi connectivity index (χ2n) is 9.46. The third-order valence-electron chi connectivity index (χ3n) is 4.85. The lowest BCUT2D eigenvalue weighted by atomic mass is 10.3. The highest BCUT2D eigenvalue weighted by molar-refractivity contribution is 6.92. The Morgan fingerprint density at radius 3 is 1.12 bits per heavy atom. The molecular weight excluding hydrogens is 518 g/mol. The Morgan fingerprint density at radius 1 is 0.500 bits per heavy atom. The van der Waals surface area contributed by atoms with E-state index in [-0.39, 0.29) is 10.3 Å². The summed E-state index contributed by atoms with van der Waals surface area (Å²) in [6, 6.07) is 11.9. The van der Waals surface area contributed by atoms with Crippen molar-refractivity contribution in [3.05, 3.63) is 57.0 Å². The summed E-state index contributed by atoms with van der Waals surface area (Å²) >= 11 is 23.6. The monoisotopic (exact) mass is 540 g/mol. The van der Waals surface area contributed by atoms with E-state index in [0.29, 0.717) is 10.3 Å². The fourth-order valence-electron chi connectivity index (χ4n) is 3.26. The quantitative estimate of drug-likeness (QED) is 0.257. The normalized spacial score (nSPS) is 12.1. The van der Waals surface area contributed by atoms with Crippen molar-refractivity contribution in [3.8, 4) is 0 Å². The lowest BCUT2D eigenvalue weighted by Crippen LogP contribution is -2.44. The topological polar surface area (TPSA) is 51.6 Å². The van der Waals surface area contributed by atoms with E-state index in [0.717, 1.165) is 22.1 Å². The molecule has 0 fully saturated rings. The van der Waals surface area contributed by atoms with Crippen LogP contribution in [0.25, 0.3) is 22.1 Å².